The number of alkyl halides is 3. The lowest BCUT2D eigenvalue weighted by Crippen LogP contribution is -2.14. The Labute approximate surface area is 110 Å². The van der Waals surface area contributed by atoms with Gasteiger partial charge in [0.2, 0.25) is 10.6 Å². The molecule has 102 valence electrons. The predicted octanol–water partition coefficient (Wildman–Crippen LogP) is 2.37. The molecule has 0 radical (unpaired) electrons. The van der Waals surface area contributed by atoms with E-state index >= 15 is 0 Å². The number of rotatable bonds is 1. The van der Waals surface area contributed by atoms with Crippen LogP contribution in [-0.2, 0) is 13.2 Å². The van der Waals surface area contributed by atoms with Crippen LogP contribution < -0.4 is 0 Å². The summed E-state index contributed by atoms with van der Waals surface area (Å²) in [6.07, 6.45) is -4.72. The monoisotopic (exact) mass is 291 g/mol. The predicted molar refractivity (Wildman–Crippen MR) is 61.7 cm³/mol. The molecule has 9 heteroatoms. The van der Waals surface area contributed by atoms with Crippen molar-refractivity contribution < 1.29 is 23.4 Å². The first-order valence-corrected chi connectivity index (χ1v) is 5.38. The quantitative estimate of drug-likeness (QED) is 0.792. The van der Waals surface area contributed by atoms with Gasteiger partial charge in [-0.05, 0) is 24.4 Å². The highest BCUT2D eigenvalue weighted by molar-refractivity contribution is 7.71. The molecule has 0 aliphatic carbocycles. The van der Waals surface area contributed by atoms with Crippen molar-refractivity contribution in [2.45, 2.75) is 6.18 Å². The molecule has 1 heterocycles. The van der Waals surface area contributed by atoms with Crippen molar-refractivity contribution in [1.29, 1.82) is 0 Å². The van der Waals surface area contributed by atoms with E-state index in [0.29, 0.717) is 4.57 Å². The fourth-order valence-corrected chi connectivity index (χ4v) is 1.79. The Morgan fingerprint density at radius 1 is 1.26 bits per heavy atom. The molecule has 0 saturated carbocycles. The zero-order valence-corrected chi connectivity index (χ0v) is 10.3. The van der Waals surface area contributed by atoms with Gasteiger partial charge in [0.15, 0.2) is 0 Å². The van der Waals surface area contributed by atoms with Crippen molar-refractivity contribution >= 4 is 12.2 Å². The standard InChI is InChI=1S/C10H8F3N3O2S/c1-15-9(19)16(8(14-15)10(11,12)13)6-3-2-5(17)4-7(6)18/h2-4,17-18H,1H3. The molecular formula is C10H8F3N3O2S. The summed E-state index contributed by atoms with van der Waals surface area (Å²) in [6.45, 7) is 0. The van der Waals surface area contributed by atoms with Gasteiger partial charge in [-0.3, -0.25) is 4.57 Å². The van der Waals surface area contributed by atoms with Crippen molar-refractivity contribution in [3.8, 4) is 17.2 Å². The van der Waals surface area contributed by atoms with Gasteiger partial charge in [0.05, 0.1) is 5.69 Å². The molecule has 19 heavy (non-hydrogen) atoms. The largest absolute Gasteiger partial charge is 0.508 e. The third-order valence-corrected chi connectivity index (χ3v) is 2.82. The Morgan fingerprint density at radius 3 is 2.42 bits per heavy atom. The van der Waals surface area contributed by atoms with Gasteiger partial charge in [-0.1, -0.05) is 0 Å². The Hall–Kier alpha value is -2.03. The van der Waals surface area contributed by atoms with Crippen LogP contribution in [0.15, 0.2) is 18.2 Å². The van der Waals surface area contributed by atoms with Gasteiger partial charge in [-0.15, -0.1) is 5.10 Å². The van der Waals surface area contributed by atoms with Gasteiger partial charge >= 0.3 is 6.18 Å². The zero-order valence-electron chi connectivity index (χ0n) is 9.51. The summed E-state index contributed by atoms with van der Waals surface area (Å²) in [5.74, 6) is -2.05. The van der Waals surface area contributed by atoms with Crippen LogP contribution in [0.3, 0.4) is 0 Å². The van der Waals surface area contributed by atoms with E-state index in [0.717, 1.165) is 22.9 Å². The molecule has 0 atom stereocenters. The maximum Gasteiger partial charge on any atom is 0.452 e. The first kappa shape index (κ1) is 13.4. The molecule has 0 aliphatic heterocycles. The Bertz CT molecular complexity index is 690. The van der Waals surface area contributed by atoms with E-state index < -0.39 is 17.8 Å². The van der Waals surface area contributed by atoms with Crippen LogP contribution in [0.25, 0.3) is 5.69 Å². The van der Waals surface area contributed by atoms with Gasteiger partial charge in [0.1, 0.15) is 11.5 Å². The first-order chi connectivity index (χ1) is 8.71. The molecule has 0 fully saturated rings. The minimum absolute atomic E-state index is 0.205. The molecule has 2 rings (SSSR count). The number of phenolic OH excluding ortho intramolecular Hbond substituents is 2. The van der Waals surface area contributed by atoms with Gasteiger partial charge < -0.3 is 10.2 Å². The van der Waals surface area contributed by atoms with Crippen LogP contribution in [0.2, 0.25) is 0 Å². The Kier molecular flexibility index (Phi) is 3.01. The van der Waals surface area contributed by atoms with Crippen molar-refractivity contribution in [3.05, 3.63) is 28.8 Å². The lowest BCUT2D eigenvalue weighted by Gasteiger charge is -2.10. The summed E-state index contributed by atoms with van der Waals surface area (Å²) in [6, 6.07) is 3.19. The molecular weight excluding hydrogens is 283 g/mol. The number of benzene rings is 1. The minimum Gasteiger partial charge on any atom is -0.508 e. The zero-order chi connectivity index (χ0) is 14.4. The van der Waals surface area contributed by atoms with E-state index in [2.05, 4.69) is 5.10 Å². The number of nitrogens with zero attached hydrogens (tertiary/aromatic N) is 3. The lowest BCUT2D eigenvalue weighted by atomic mass is 10.2. The summed E-state index contributed by atoms with van der Waals surface area (Å²) < 4.78 is 39.8. The summed E-state index contributed by atoms with van der Waals surface area (Å²) in [4.78, 5) is 0. The third-order valence-electron chi connectivity index (χ3n) is 2.38. The molecule has 0 unspecified atom stereocenters. The van der Waals surface area contributed by atoms with E-state index in [1.807, 2.05) is 0 Å². The highest BCUT2D eigenvalue weighted by Crippen LogP contribution is 2.33. The first-order valence-electron chi connectivity index (χ1n) is 4.97. The van der Waals surface area contributed by atoms with E-state index in [1.54, 1.807) is 0 Å². The SMILES string of the molecule is Cn1nc(C(F)(F)F)n(-c2ccc(O)cc2O)c1=S. The van der Waals surface area contributed by atoms with Gasteiger partial charge in [-0.2, -0.15) is 13.2 Å². The normalized spacial score (nSPS) is 11.8. The number of aromatic hydroxyl groups is 2. The molecule has 5 nitrogen and oxygen atoms in total. The van der Waals surface area contributed by atoms with E-state index in [1.165, 1.54) is 7.05 Å². The summed E-state index contributed by atoms with van der Waals surface area (Å²) in [5.41, 5.74) is -0.205. The number of hydrogen-bond acceptors (Lipinski definition) is 4. The summed E-state index contributed by atoms with van der Waals surface area (Å²) >= 11 is 4.85. The van der Waals surface area contributed by atoms with Crippen LogP contribution in [0.5, 0.6) is 11.5 Å². The fourth-order valence-electron chi connectivity index (χ4n) is 1.57. The third kappa shape index (κ3) is 2.28. The molecule has 0 aliphatic rings. The smallest absolute Gasteiger partial charge is 0.452 e. The fraction of sp³-hybridized carbons (Fsp3) is 0.200. The van der Waals surface area contributed by atoms with Gasteiger partial charge in [0, 0.05) is 13.1 Å². The second-order valence-corrected chi connectivity index (χ2v) is 4.10. The molecule has 2 aromatic rings. The average Bonchev–Trinajstić information content (AvgIpc) is 2.56. The van der Waals surface area contributed by atoms with Crippen molar-refractivity contribution in [3.63, 3.8) is 0 Å². The van der Waals surface area contributed by atoms with Crippen LogP contribution in [0.1, 0.15) is 5.82 Å². The number of aryl methyl sites for hydroxylation is 1. The molecule has 0 bridgehead atoms. The van der Waals surface area contributed by atoms with Gasteiger partial charge in [-0.25, -0.2) is 4.68 Å². The highest BCUT2D eigenvalue weighted by atomic mass is 32.1. The maximum atomic E-state index is 12.9. The Balaban J connectivity index is 2.78. The van der Waals surface area contributed by atoms with E-state index in [9.17, 15) is 18.3 Å². The lowest BCUT2D eigenvalue weighted by molar-refractivity contribution is -0.146. The van der Waals surface area contributed by atoms with Crippen molar-refractivity contribution in [2.24, 2.45) is 7.05 Å². The van der Waals surface area contributed by atoms with Crippen LogP contribution >= 0.6 is 12.2 Å². The van der Waals surface area contributed by atoms with E-state index in [-0.39, 0.29) is 16.2 Å². The van der Waals surface area contributed by atoms with Crippen LogP contribution in [-0.4, -0.2) is 24.6 Å². The van der Waals surface area contributed by atoms with Crippen LogP contribution in [0.4, 0.5) is 13.2 Å². The number of aromatic nitrogens is 3. The maximum absolute atomic E-state index is 12.9. The molecule has 1 aromatic carbocycles. The molecule has 1 aromatic heterocycles. The minimum atomic E-state index is -4.72. The van der Waals surface area contributed by atoms with Crippen molar-refractivity contribution in [2.75, 3.05) is 0 Å². The van der Waals surface area contributed by atoms with Gasteiger partial charge in [0.25, 0.3) is 0 Å². The van der Waals surface area contributed by atoms with Crippen LogP contribution in [0, 0.1) is 4.77 Å². The second kappa shape index (κ2) is 4.26. The molecule has 0 amide bonds. The molecule has 2 N–H and O–H groups in total. The highest BCUT2D eigenvalue weighted by Gasteiger charge is 2.38. The average molecular weight is 291 g/mol. The Morgan fingerprint density at radius 2 is 1.89 bits per heavy atom. The number of halogens is 3. The molecule has 0 saturated heterocycles. The number of phenols is 2. The van der Waals surface area contributed by atoms with Crippen molar-refractivity contribution in [1.82, 2.24) is 14.3 Å². The summed E-state index contributed by atoms with van der Waals surface area (Å²) in [7, 11) is 1.27. The van der Waals surface area contributed by atoms with E-state index in [4.69, 9.17) is 17.3 Å². The summed E-state index contributed by atoms with van der Waals surface area (Å²) in [5, 5.41) is 22.1. The second-order valence-electron chi connectivity index (χ2n) is 3.74. The topological polar surface area (TPSA) is 63.2 Å². The molecule has 0 spiro atoms. The number of hydrogen-bond donors (Lipinski definition) is 2.